The highest BCUT2D eigenvalue weighted by atomic mass is 16.1. The summed E-state index contributed by atoms with van der Waals surface area (Å²) in [7, 11) is 0. The first-order chi connectivity index (χ1) is 8.77. The summed E-state index contributed by atoms with van der Waals surface area (Å²) < 4.78 is 0. The monoisotopic (exact) mass is 242 g/mol. The first kappa shape index (κ1) is 14.5. The smallest absolute Gasteiger partial charge is 0.163 e. The van der Waals surface area contributed by atoms with E-state index in [4.69, 9.17) is 0 Å². The van der Waals surface area contributed by atoms with Gasteiger partial charge >= 0.3 is 0 Å². The van der Waals surface area contributed by atoms with Gasteiger partial charge in [0.25, 0.3) is 0 Å². The van der Waals surface area contributed by atoms with Crippen molar-refractivity contribution in [1.29, 1.82) is 0 Å². The molecule has 1 rings (SSSR count). The van der Waals surface area contributed by atoms with Gasteiger partial charge in [-0.2, -0.15) is 0 Å². The zero-order valence-corrected chi connectivity index (χ0v) is 11.2. The number of rotatable bonds is 8. The quantitative estimate of drug-likeness (QED) is 0.363. The summed E-state index contributed by atoms with van der Waals surface area (Å²) in [5.41, 5.74) is 3.63. The maximum Gasteiger partial charge on any atom is 0.163 e. The SMILES string of the molecule is C=C=CC(CCCCC)CC(=O)c1ccccc1. The zero-order chi connectivity index (χ0) is 13.2. The van der Waals surface area contributed by atoms with Gasteiger partial charge in [-0.3, -0.25) is 4.79 Å². The minimum absolute atomic E-state index is 0.212. The molecule has 1 aromatic carbocycles. The maximum atomic E-state index is 12.1. The van der Waals surface area contributed by atoms with Gasteiger partial charge in [0.2, 0.25) is 0 Å². The Bertz CT molecular complexity index is 399. The van der Waals surface area contributed by atoms with E-state index in [9.17, 15) is 4.79 Å². The van der Waals surface area contributed by atoms with Crippen LogP contribution in [0.2, 0.25) is 0 Å². The molecule has 0 saturated carbocycles. The molecule has 0 amide bonds. The summed E-state index contributed by atoms with van der Waals surface area (Å²) in [6.07, 6.45) is 7.15. The predicted octanol–water partition coefficient (Wildman–Crippen LogP) is 4.80. The number of carbonyl (C=O) groups is 1. The van der Waals surface area contributed by atoms with Crippen molar-refractivity contribution in [3.8, 4) is 0 Å². The van der Waals surface area contributed by atoms with Gasteiger partial charge in [0, 0.05) is 12.0 Å². The third-order valence-electron chi connectivity index (χ3n) is 3.08. The van der Waals surface area contributed by atoms with Gasteiger partial charge < -0.3 is 0 Å². The standard InChI is InChI=1S/C17H22O/c1-3-5-7-11-15(10-4-2)14-17(18)16-12-8-6-9-13-16/h6,8-10,12-13,15H,2-3,5,7,11,14H2,1H3. The average Bonchev–Trinajstić information content (AvgIpc) is 2.40. The number of Topliss-reactive ketones (excluding diaryl/α,β-unsaturated/α-hetero) is 1. The maximum absolute atomic E-state index is 12.1. The van der Waals surface area contributed by atoms with Gasteiger partial charge in [-0.1, -0.05) is 63.1 Å². The second-order valence-electron chi connectivity index (χ2n) is 4.62. The number of unbranched alkanes of at least 4 members (excludes halogenated alkanes) is 2. The minimum Gasteiger partial charge on any atom is -0.294 e. The van der Waals surface area contributed by atoms with Crippen LogP contribution in [0.1, 0.15) is 49.4 Å². The molecule has 1 aromatic rings. The molecule has 1 atom stereocenters. The molecular weight excluding hydrogens is 220 g/mol. The molecule has 0 saturated heterocycles. The van der Waals surface area contributed by atoms with Crippen LogP contribution in [0.25, 0.3) is 0 Å². The average molecular weight is 242 g/mol. The number of hydrogen-bond donors (Lipinski definition) is 0. The number of carbonyl (C=O) groups excluding carboxylic acids is 1. The van der Waals surface area contributed by atoms with E-state index >= 15 is 0 Å². The van der Waals surface area contributed by atoms with Crippen LogP contribution in [0.15, 0.2) is 48.7 Å². The molecular formula is C17H22O. The van der Waals surface area contributed by atoms with Crippen molar-refractivity contribution in [1.82, 2.24) is 0 Å². The summed E-state index contributed by atoms with van der Waals surface area (Å²) in [6.45, 7) is 5.80. The molecule has 1 unspecified atom stereocenters. The Morgan fingerprint density at radius 2 is 2.06 bits per heavy atom. The molecule has 1 heteroatoms. The molecule has 0 aromatic heterocycles. The summed E-state index contributed by atoms with van der Waals surface area (Å²) >= 11 is 0. The fourth-order valence-electron chi connectivity index (χ4n) is 2.05. The van der Waals surface area contributed by atoms with E-state index in [2.05, 4.69) is 19.2 Å². The Balaban J connectivity index is 2.55. The lowest BCUT2D eigenvalue weighted by atomic mass is 9.93. The topological polar surface area (TPSA) is 17.1 Å². The van der Waals surface area contributed by atoms with Crippen molar-refractivity contribution in [2.75, 3.05) is 0 Å². The highest BCUT2D eigenvalue weighted by molar-refractivity contribution is 5.96. The van der Waals surface area contributed by atoms with Crippen molar-refractivity contribution in [2.45, 2.75) is 39.0 Å². The third kappa shape index (κ3) is 5.16. The first-order valence-corrected chi connectivity index (χ1v) is 6.72. The Kier molecular flexibility index (Phi) is 6.83. The normalized spacial score (nSPS) is 11.6. The molecule has 0 fully saturated rings. The molecule has 0 spiro atoms. The van der Waals surface area contributed by atoms with Crippen LogP contribution in [0, 0.1) is 5.92 Å². The largest absolute Gasteiger partial charge is 0.294 e. The number of benzene rings is 1. The van der Waals surface area contributed by atoms with Crippen LogP contribution < -0.4 is 0 Å². The van der Waals surface area contributed by atoms with E-state index in [1.165, 1.54) is 19.3 Å². The number of hydrogen-bond acceptors (Lipinski definition) is 1. The lowest BCUT2D eigenvalue weighted by Crippen LogP contribution is -2.07. The van der Waals surface area contributed by atoms with Crippen molar-refractivity contribution in [3.05, 3.63) is 54.3 Å². The van der Waals surface area contributed by atoms with E-state index < -0.39 is 0 Å². The molecule has 0 bridgehead atoms. The van der Waals surface area contributed by atoms with E-state index in [1.807, 2.05) is 36.4 Å². The van der Waals surface area contributed by atoms with Gasteiger partial charge in [-0.05, 0) is 18.4 Å². The molecule has 0 aliphatic carbocycles. The van der Waals surface area contributed by atoms with Crippen molar-refractivity contribution >= 4 is 5.78 Å². The van der Waals surface area contributed by atoms with Crippen LogP contribution in [0.5, 0.6) is 0 Å². The highest BCUT2D eigenvalue weighted by Gasteiger charge is 2.12. The molecule has 96 valence electrons. The molecule has 0 radical (unpaired) electrons. The van der Waals surface area contributed by atoms with Gasteiger partial charge in [-0.25, -0.2) is 0 Å². The van der Waals surface area contributed by atoms with Crippen LogP contribution >= 0.6 is 0 Å². The van der Waals surface area contributed by atoms with E-state index in [0.29, 0.717) is 6.42 Å². The molecule has 1 nitrogen and oxygen atoms in total. The molecule has 0 aliphatic heterocycles. The minimum atomic E-state index is 0.212. The Morgan fingerprint density at radius 1 is 1.33 bits per heavy atom. The van der Waals surface area contributed by atoms with Gasteiger partial charge in [0.1, 0.15) is 0 Å². The lowest BCUT2D eigenvalue weighted by Gasteiger charge is -2.10. The van der Waals surface area contributed by atoms with Crippen LogP contribution in [0.4, 0.5) is 0 Å². The fourth-order valence-corrected chi connectivity index (χ4v) is 2.05. The molecule has 0 N–H and O–H groups in total. The predicted molar refractivity (Wildman–Crippen MR) is 76.7 cm³/mol. The van der Waals surface area contributed by atoms with Crippen molar-refractivity contribution < 1.29 is 4.79 Å². The molecule has 0 aliphatic rings. The zero-order valence-electron chi connectivity index (χ0n) is 11.2. The van der Waals surface area contributed by atoms with Crippen LogP contribution in [-0.2, 0) is 0 Å². The second-order valence-corrected chi connectivity index (χ2v) is 4.62. The second kappa shape index (κ2) is 8.49. The molecule has 0 heterocycles. The fraction of sp³-hybridized carbons (Fsp3) is 0.412. The highest BCUT2D eigenvalue weighted by Crippen LogP contribution is 2.18. The summed E-state index contributed by atoms with van der Waals surface area (Å²) in [5, 5.41) is 0. The van der Waals surface area contributed by atoms with E-state index in [0.717, 1.165) is 12.0 Å². The summed E-state index contributed by atoms with van der Waals surface area (Å²) in [6, 6.07) is 9.50. The van der Waals surface area contributed by atoms with E-state index in [1.54, 1.807) is 0 Å². The lowest BCUT2D eigenvalue weighted by molar-refractivity contribution is 0.0967. The third-order valence-corrected chi connectivity index (χ3v) is 3.08. The Labute approximate surface area is 110 Å². The summed E-state index contributed by atoms with van der Waals surface area (Å²) in [4.78, 5) is 12.1. The number of ketones is 1. The number of allylic oxidation sites excluding steroid dienone is 1. The van der Waals surface area contributed by atoms with Gasteiger partial charge in [0.05, 0.1) is 0 Å². The van der Waals surface area contributed by atoms with E-state index in [-0.39, 0.29) is 11.7 Å². The van der Waals surface area contributed by atoms with Crippen LogP contribution in [-0.4, -0.2) is 5.78 Å². The van der Waals surface area contributed by atoms with Crippen LogP contribution in [0.3, 0.4) is 0 Å². The summed E-state index contributed by atoms with van der Waals surface area (Å²) in [5.74, 6) is 0.491. The molecule has 18 heavy (non-hydrogen) atoms. The van der Waals surface area contributed by atoms with Crippen molar-refractivity contribution in [3.63, 3.8) is 0 Å². The van der Waals surface area contributed by atoms with Gasteiger partial charge in [-0.15, -0.1) is 5.73 Å². The van der Waals surface area contributed by atoms with Crippen molar-refractivity contribution in [2.24, 2.45) is 5.92 Å². The Morgan fingerprint density at radius 3 is 2.67 bits per heavy atom. The first-order valence-electron chi connectivity index (χ1n) is 6.72. The Hall–Kier alpha value is -1.59. The van der Waals surface area contributed by atoms with Gasteiger partial charge in [0.15, 0.2) is 5.78 Å².